The monoisotopic (exact) mass is 318 g/mol. The van der Waals surface area contributed by atoms with E-state index in [1.165, 1.54) is 0 Å². The third-order valence-electron chi connectivity index (χ3n) is 3.45. The van der Waals surface area contributed by atoms with Crippen molar-refractivity contribution in [3.05, 3.63) is 54.6 Å². The van der Waals surface area contributed by atoms with Crippen molar-refractivity contribution in [1.82, 2.24) is 0 Å². The van der Waals surface area contributed by atoms with Crippen LogP contribution in [-0.2, 0) is 15.6 Å². The molecule has 0 aliphatic rings. The summed E-state index contributed by atoms with van der Waals surface area (Å²) in [4.78, 5) is 13.1. The molecular formula is C19H26O2S. The van der Waals surface area contributed by atoms with Crippen LogP contribution in [0.3, 0.4) is 0 Å². The van der Waals surface area contributed by atoms with E-state index in [0.29, 0.717) is 12.8 Å². The second-order valence-electron chi connectivity index (χ2n) is 5.36. The number of rotatable bonds is 10. The highest BCUT2D eigenvalue weighted by molar-refractivity contribution is 7.86. The summed E-state index contributed by atoms with van der Waals surface area (Å²) in [6.07, 6.45) is 9.57. The van der Waals surface area contributed by atoms with Crippen LogP contribution in [-0.4, -0.2) is 15.2 Å². The van der Waals surface area contributed by atoms with Crippen molar-refractivity contribution in [2.24, 2.45) is 0 Å². The number of allylic oxidation sites excluding steroid dienone is 3. The van der Waals surface area contributed by atoms with Crippen LogP contribution in [0.15, 0.2) is 54.0 Å². The number of benzene rings is 1. The van der Waals surface area contributed by atoms with Crippen LogP contribution in [0.1, 0.15) is 44.6 Å². The normalized spacial score (nSPS) is 13.9. The second kappa shape index (κ2) is 10.3. The van der Waals surface area contributed by atoms with E-state index in [1.807, 2.05) is 31.2 Å². The van der Waals surface area contributed by atoms with Gasteiger partial charge in [0.25, 0.3) is 0 Å². The van der Waals surface area contributed by atoms with Crippen LogP contribution in [0.2, 0.25) is 0 Å². The molecule has 1 aromatic rings. The van der Waals surface area contributed by atoms with Crippen molar-refractivity contribution in [2.75, 3.05) is 0 Å². The van der Waals surface area contributed by atoms with Crippen molar-refractivity contribution < 1.29 is 9.00 Å². The minimum atomic E-state index is -1.31. The second-order valence-corrected chi connectivity index (χ2v) is 7.00. The zero-order valence-electron chi connectivity index (χ0n) is 13.6. The van der Waals surface area contributed by atoms with Gasteiger partial charge in [-0.2, -0.15) is 0 Å². The molecular weight excluding hydrogens is 292 g/mol. The number of unbranched alkanes of at least 4 members (excludes halogenated alkanes) is 1. The molecule has 1 unspecified atom stereocenters. The first-order valence-electron chi connectivity index (χ1n) is 7.86. The predicted octanol–water partition coefficient (Wildman–Crippen LogP) is 4.75. The maximum absolute atomic E-state index is 12.7. The summed E-state index contributed by atoms with van der Waals surface area (Å²) >= 11 is 0. The van der Waals surface area contributed by atoms with E-state index in [2.05, 4.69) is 25.7 Å². The van der Waals surface area contributed by atoms with Crippen LogP contribution in [0.25, 0.3) is 0 Å². The highest BCUT2D eigenvalue weighted by Gasteiger charge is 2.24. The van der Waals surface area contributed by atoms with Crippen LogP contribution in [0.5, 0.6) is 0 Å². The molecule has 0 radical (unpaired) electrons. The summed E-state index contributed by atoms with van der Waals surface area (Å²) in [5.74, 6) is 0.0729. The van der Waals surface area contributed by atoms with Crippen LogP contribution >= 0.6 is 0 Å². The summed E-state index contributed by atoms with van der Waals surface area (Å²) in [7, 11) is -1.31. The Bertz CT molecular complexity index is 529. The fourth-order valence-electron chi connectivity index (χ4n) is 2.17. The summed E-state index contributed by atoms with van der Waals surface area (Å²) in [6, 6.07) is 7.55. The standard InChI is InChI=1S/C19H26O2S/c1-4-6-7-8-9-11-18(20)19(10-5-2)22(21)17-14-12-16(3)13-15-17/h5-7,12-15,19H,2,4,8-11H2,1,3H3/b7-6+/t19-,22?/m1/s1. The van der Waals surface area contributed by atoms with Crippen molar-refractivity contribution in [1.29, 1.82) is 0 Å². The molecule has 0 saturated carbocycles. The maximum Gasteiger partial charge on any atom is 0.149 e. The number of carbonyl (C=O) groups excluding carboxylic acids is 1. The van der Waals surface area contributed by atoms with E-state index in [-0.39, 0.29) is 5.78 Å². The van der Waals surface area contributed by atoms with Crippen LogP contribution < -0.4 is 0 Å². The molecule has 120 valence electrons. The summed E-state index contributed by atoms with van der Waals surface area (Å²) in [5, 5.41) is -0.477. The number of carbonyl (C=O) groups is 1. The highest BCUT2D eigenvalue weighted by atomic mass is 32.2. The van der Waals surface area contributed by atoms with Gasteiger partial charge in [-0.1, -0.05) is 42.8 Å². The molecule has 0 bridgehead atoms. The zero-order valence-corrected chi connectivity index (χ0v) is 14.4. The van der Waals surface area contributed by atoms with Gasteiger partial charge in [0.2, 0.25) is 0 Å². The van der Waals surface area contributed by atoms with Gasteiger partial charge in [0.1, 0.15) is 11.0 Å². The number of aryl methyl sites for hydroxylation is 1. The van der Waals surface area contributed by atoms with E-state index < -0.39 is 16.0 Å². The Kier molecular flexibility index (Phi) is 8.68. The van der Waals surface area contributed by atoms with Crippen LogP contribution in [0.4, 0.5) is 0 Å². The number of ketones is 1. The number of Topliss-reactive ketones (excluding diaryl/α,β-unsaturated/α-hetero) is 1. The third kappa shape index (κ3) is 6.10. The first-order chi connectivity index (χ1) is 10.6. The van der Waals surface area contributed by atoms with E-state index in [9.17, 15) is 9.00 Å². The van der Waals surface area contributed by atoms with Gasteiger partial charge in [0, 0.05) is 11.3 Å². The smallest absolute Gasteiger partial charge is 0.149 e. The van der Waals surface area contributed by atoms with Gasteiger partial charge < -0.3 is 0 Å². The van der Waals surface area contributed by atoms with Gasteiger partial charge in [-0.25, -0.2) is 0 Å². The van der Waals surface area contributed by atoms with E-state index >= 15 is 0 Å². The number of hydrogen-bond acceptors (Lipinski definition) is 2. The minimum Gasteiger partial charge on any atom is -0.298 e. The fraction of sp³-hybridized carbons (Fsp3) is 0.421. The van der Waals surface area contributed by atoms with Gasteiger partial charge in [-0.05, 0) is 44.7 Å². The molecule has 0 aliphatic heterocycles. The Balaban J connectivity index is 2.68. The molecule has 22 heavy (non-hydrogen) atoms. The minimum absolute atomic E-state index is 0.0729. The molecule has 0 fully saturated rings. The van der Waals surface area contributed by atoms with Gasteiger partial charge >= 0.3 is 0 Å². The Morgan fingerprint density at radius 2 is 1.95 bits per heavy atom. The molecule has 0 amide bonds. The first-order valence-corrected chi connectivity index (χ1v) is 9.07. The average Bonchev–Trinajstić information content (AvgIpc) is 2.52. The van der Waals surface area contributed by atoms with Gasteiger partial charge in [0.15, 0.2) is 0 Å². The van der Waals surface area contributed by atoms with Crippen LogP contribution in [0, 0.1) is 6.92 Å². The predicted molar refractivity (Wildman–Crippen MR) is 94.5 cm³/mol. The first kappa shape index (κ1) is 18.6. The molecule has 0 saturated heterocycles. The summed E-state index contributed by atoms with van der Waals surface area (Å²) in [5.41, 5.74) is 1.12. The average molecular weight is 318 g/mol. The fourth-order valence-corrected chi connectivity index (χ4v) is 3.57. The van der Waals surface area contributed by atoms with Crippen molar-refractivity contribution >= 4 is 16.6 Å². The lowest BCUT2D eigenvalue weighted by Gasteiger charge is -2.14. The molecule has 1 rings (SSSR count). The largest absolute Gasteiger partial charge is 0.298 e. The summed E-state index contributed by atoms with van der Waals surface area (Å²) in [6.45, 7) is 7.77. The summed E-state index contributed by atoms with van der Waals surface area (Å²) < 4.78 is 12.7. The highest BCUT2D eigenvalue weighted by Crippen LogP contribution is 2.18. The zero-order chi connectivity index (χ0) is 16.4. The Morgan fingerprint density at radius 3 is 2.55 bits per heavy atom. The van der Waals surface area contributed by atoms with Crippen molar-refractivity contribution in [3.63, 3.8) is 0 Å². The van der Waals surface area contributed by atoms with Crippen molar-refractivity contribution in [3.8, 4) is 0 Å². The molecule has 1 aromatic carbocycles. The van der Waals surface area contributed by atoms with Crippen molar-refractivity contribution in [2.45, 2.75) is 56.1 Å². The third-order valence-corrected chi connectivity index (χ3v) is 5.16. The lowest BCUT2D eigenvalue weighted by atomic mass is 10.1. The Morgan fingerprint density at radius 1 is 1.27 bits per heavy atom. The topological polar surface area (TPSA) is 34.1 Å². The van der Waals surface area contributed by atoms with Gasteiger partial charge in [-0.3, -0.25) is 9.00 Å². The Hall–Kier alpha value is -1.48. The quantitative estimate of drug-likeness (QED) is 0.461. The molecule has 0 aromatic heterocycles. The molecule has 2 nitrogen and oxygen atoms in total. The lowest BCUT2D eigenvalue weighted by Crippen LogP contribution is -2.25. The molecule has 0 N–H and O–H groups in total. The molecule has 0 aliphatic carbocycles. The lowest BCUT2D eigenvalue weighted by molar-refractivity contribution is -0.118. The maximum atomic E-state index is 12.7. The Labute approximate surface area is 136 Å². The van der Waals surface area contributed by atoms with E-state index in [4.69, 9.17) is 0 Å². The molecule has 0 spiro atoms. The van der Waals surface area contributed by atoms with E-state index in [0.717, 1.165) is 29.7 Å². The molecule has 0 heterocycles. The SMILES string of the molecule is C=CC[C@H](C(=O)CCC/C=C/CC)S(=O)c1ccc(C)cc1. The molecule has 2 atom stereocenters. The van der Waals surface area contributed by atoms with Gasteiger partial charge in [-0.15, -0.1) is 6.58 Å². The molecule has 3 heteroatoms. The van der Waals surface area contributed by atoms with E-state index in [1.54, 1.807) is 6.08 Å². The van der Waals surface area contributed by atoms with Gasteiger partial charge in [0.05, 0.1) is 10.8 Å². The number of hydrogen-bond donors (Lipinski definition) is 0.